The summed E-state index contributed by atoms with van der Waals surface area (Å²) in [5, 5.41) is 7.97. The summed E-state index contributed by atoms with van der Waals surface area (Å²) in [5.41, 5.74) is 1.65. The van der Waals surface area contributed by atoms with E-state index in [0.29, 0.717) is 30.6 Å². The molecule has 1 fully saturated rings. The number of fused-ring (bicyclic) bond motifs is 1. The number of aryl methyl sites for hydroxylation is 3. The number of anilines is 1. The third-order valence-corrected chi connectivity index (χ3v) is 6.68. The average Bonchev–Trinajstić information content (AvgIpc) is 3.53. The number of rotatable bonds is 6. The standard InChI is InChI=1S/C25H26F3N5O/c1-31-16-29-30-23(31)8-7-17-5-4-6-19(11-17)33-15-21-20(24(33)34)12-18(13-22(21)25(26,27)28)14-32-9-2-3-10-32/h4-6,11-13,16H,2-3,7-10,14-15H2,1H3. The van der Waals surface area contributed by atoms with E-state index in [2.05, 4.69) is 15.1 Å². The van der Waals surface area contributed by atoms with Crippen molar-refractivity contribution in [2.45, 2.75) is 44.9 Å². The second-order valence-electron chi connectivity index (χ2n) is 9.07. The highest BCUT2D eigenvalue weighted by atomic mass is 19.4. The van der Waals surface area contributed by atoms with E-state index in [0.717, 1.165) is 37.3 Å². The van der Waals surface area contributed by atoms with Crippen LogP contribution >= 0.6 is 0 Å². The molecule has 0 radical (unpaired) electrons. The topological polar surface area (TPSA) is 54.3 Å². The fraction of sp³-hybridized carbons (Fsp3) is 0.400. The molecular weight excluding hydrogens is 443 g/mol. The van der Waals surface area contributed by atoms with Gasteiger partial charge < -0.3 is 9.47 Å². The summed E-state index contributed by atoms with van der Waals surface area (Å²) in [6, 6.07) is 10.3. The molecule has 3 heterocycles. The van der Waals surface area contributed by atoms with Crippen LogP contribution in [0, 0.1) is 0 Å². The van der Waals surface area contributed by atoms with Gasteiger partial charge in [-0.2, -0.15) is 13.2 Å². The van der Waals surface area contributed by atoms with Crippen LogP contribution in [0.15, 0.2) is 42.7 Å². The lowest BCUT2D eigenvalue weighted by molar-refractivity contribution is -0.138. The number of hydrogen-bond donors (Lipinski definition) is 0. The van der Waals surface area contributed by atoms with Gasteiger partial charge in [-0.15, -0.1) is 10.2 Å². The van der Waals surface area contributed by atoms with Gasteiger partial charge in [0.25, 0.3) is 5.91 Å². The fourth-order valence-corrected chi connectivity index (χ4v) is 4.89. The maximum Gasteiger partial charge on any atom is 0.416 e. The van der Waals surface area contributed by atoms with Gasteiger partial charge in [-0.3, -0.25) is 9.69 Å². The number of amides is 1. The number of carbonyl (C=O) groups excluding carboxylic acids is 1. The first-order chi connectivity index (χ1) is 16.3. The second kappa shape index (κ2) is 8.87. The number of aromatic nitrogens is 3. The Labute approximate surface area is 196 Å². The Morgan fingerprint density at radius 2 is 1.82 bits per heavy atom. The maximum absolute atomic E-state index is 14.0. The molecule has 0 aliphatic carbocycles. The average molecular weight is 470 g/mol. The largest absolute Gasteiger partial charge is 0.416 e. The van der Waals surface area contributed by atoms with E-state index in [1.807, 2.05) is 29.8 Å². The van der Waals surface area contributed by atoms with E-state index in [4.69, 9.17) is 0 Å². The molecule has 2 aliphatic heterocycles. The van der Waals surface area contributed by atoms with E-state index in [1.54, 1.807) is 18.5 Å². The van der Waals surface area contributed by atoms with Gasteiger partial charge in [0, 0.05) is 31.3 Å². The number of carbonyl (C=O) groups is 1. The van der Waals surface area contributed by atoms with Crippen LogP contribution in [-0.4, -0.2) is 38.7 Å². The number of nitrogens with zero attached hydrogens (tertiary/aromatic N) is 5. The van der Waals surface area contributed by atoms with Gasteiger partial charge in [0.15, 0.2) is 0 Å². The molecule has 1 saturated heterocycles. The molecule has 9 heteroatoms. The van der Waals surface area contributed by atoms with Crippen molar-refractivity contribution in [2.24, 2.45) is 7.05 Å². The number of benzene rings is 2. The predicted molar refractivity (Wildman–Crippen MR) is 121 cm³/mol. The number of alkyl halides is 3. The van der Waals surface area contributed by atoms with Crippen LogP contribution in [0.3, 0.4) is 0 Å². The molecule has 0 bridgehead atoms. The van der Waals surface area contributed by atoms with Crippen LogP contribution in [0.25, 0.3) is 0 Å². The Kier molecular flexibility index (Phi) is 5.89. The van der Waals surface area contributed by atoms with Crippen molar-refractivity contribution >= 4 is 11.6 Å². The minimum Gasteiger partial charge on any atom is -0.321 e. The molecule has 34 heavy (non-hydrogen) atoms. The molecule has 3 aromatic rings. The summed E-state index contributed by atoms with van der Waals surface area (Å²) >= 11 is 0. The van der Waals surface area contributed by atoms with Gasteiger partial charge in [0.2, 0.25) is 0 Å². The van der Waals surface area contributed by atoms with E-state index in [-0.39, 0.29) is 23.6 Å². The molecule has 6 nitrogen and oxygen atoms in total. The second-order valence-corrected chi connectivity index (χ2v) is 9.07. The van der Waals surface area contributed by atoms with Crippen molar-refractivity contribution < 1.29 is 18.0 Å². The van der Waals surface area contributed by atoms with Gasteiger partial charge >= 0.3 is 6.18 Å². The fourth-order valence-electron chi connectivity index (χ4n) is 4.89. The number of hydrogen-bond acceptors (Lipinski definition) is 4. The molecule has 2 aliphatic rings. The van der Waals surface area contributed by atoms with Crippen molar-refractivity contribution in [1.82, 2.24) is 19.7 Å². The molecule has 0 atom stereocenters. The molecule has 0 N–H and O–H groups in total. The van der Waals surface area contributed by atoms with Gasteiger partial charge in [-0.25, -0.2) is 0 Å². The molecule has 1 aromatic heterocycles. The lowest BCUT2D eigenvalue weighted by Gasteiger charge is -2.18. The van der Waals surface area contributed by atoms with Crippen LogP contribution in [0.5, 0.6) is 0 Å². The Balaban J connectivity index is 1.41. The Morgan fingerprint density at radius 3 is 2.53 bits per heavy atom. The highest BCUT2D eigenvalue weighted by molar-refractivity contribution is 6.10. The number of likely N-dealkylation sites (tertiary alicyclic amines) is 1. The SMILES string of the molecule is Cn1cnnc1CCc1cccc(N2Cc3c(cc(CN4CCCC4)cc3C(F)(F)F)C2=O)c1. The normalized spacial score (nSPS) is 16.5. The molecule has 0 saturated carbocycles. The molecule has 5 rings (SSSR count). The molecule has 0 spiro atoms. The Morgan fingerprint density at radius 1 is 1.03 bits per heavy atom. The summed E-state index contributed by atoms with van der Waals surface area (Å²) < 4.78 is 43.8. The van der Waals surface area contributed by atoms with Gasteiger partial charge in [0.05, 0.1) is 12.1 Å². The first-order valence-electron chi connectivity index (χ1n) is 11.5. The molecule has 2 aromatic carbocycles. The highest BCUT2D eigenvalue weighted by Gasteiger charge is 2.40. The summed E-state index contributed by atoms with van der Waals surface area (Å²) in [4.78, 5) is 16.9. The summed E-state index contributed by atoms with van der Waals surface area (Å²) in [6.07, 6.45) is 0.588. The van der Waals surface area contributed by atoms with Crippen LogP contribution in [0.1, 0.15) is 51.3 Å². The van der Waals surface area contributed by atoms with Gasteiger partial charge in [-0.05, 0) is 73.3 Å². The smallest absolute Gasteiger partial charge is 0.321 e. The molecular formula is C25H26F3N5O. The summed E-state index contributed by atoms with van der Waals surface area (Å²) in [6.45, 7) is 2.10. The first-order valence-corrected chi connectivity index (χ1v) is 11.5. The van der Waals surface area contributed by atoms with Crippen molar-refractivity contribution in [3.8, 4) is 0 Å². The van der Waals surface area contributed by atoms with E-state index in [1.165, 1.54) is 11.0 Å². The monoisotopic (exact) mass is 469 g/mol. The van der Waals surface area contributed by atoms with Crippen molar-refractivity contribution in [3.63, 3.8) is 0 Å². The van der Waals surface area contributed by atoms with Gasteiger partial charge in [0.1, 0.15) is 12.2 Å². The molecule has 0 unspecified atom stereocenters. The molecule has 178 valence electrons. The van der Waals surface area contributed by atoms with Crippen LogP contribution < -0.4 is 4.90 Å². The van der Waals surface area contributed by atoms with E-state index < -0.39 is 11.7 Å². The van der Waals surface area contributed by atoms with Crippen molar-refractivity contribution in [1.29, 1.82) is 0 Å². The lowest BCUT2D eigenvalue weighted by Crippen LogP contribution is -2.23. The van der Waals surface area contributed by atoms with E-state index in [9.17, 15) is 18.0 Å². The summed E-state index contributed by atoms with van der Waals surface area (Å²) in [5.74, 6) is 0.463. The first kappa shape index (κ1) is 22.6. The lowest BCUT2D eigenvalue weighted by atomic mass is 9.98. The predicted octanol–water partition coefficient (Wildman–Crippen LogP) is 4.38. The third-order valence-electron chi connectivity index (χ3n) is 6.68. The van der Waals surface area contributed by atoms with Crippen LogP contribution in [0.2, 0.25) is 0 Å². The quantitative estimate of drug-likeness (QED) is 0.538. The van der Waals surface area contributed by atoms with E-state index >= 15 is 0 Å². The third kappa shape index (κ3) is 4.44. The minimum absolute atomic E-state index is 0.0622. The number of halogens is 3. The highest BCUT2D eigenvalue weighted by Crippen LogP contribution is 2.40. The van der Waals surface area contributed by atoms with Crippen LogP contribution in [-0.2, 0) is 39.2 Å². The Hall–Kier alpha value is -3.20. The van der Waals surface area contributed by atoms with Crippen molar-refractivity contribution in [2.75, 3.05) is 18.0 Å². The minimum atomic E-state index is -4.51. The maximum atomic E-state index is 14.0. The molecule has 1 amide bonds. The zero-order chi connectivity index (χ0) is 23.9. The zero-order valence-electron chi connectivity index (χ0n) is 19.0. The Bertz CT molecular complexity index is 1210. The van der Waals surface area contributed by atoms with Crippen LogP contribution in [0.4, 0.5) is 18.9 Å². The van der Waals surface area contributed by atoms with Gasteiger partial charge in [-0.1, -0.05) is 12.1 Å². The van der Waals surface area contributed by atoms with Crippen molar-refractivity contribution in [3.05, 3.63) is 76.4 Å². The zero-order valence-corrected chi connectivity index (χ0v) is 19.0. The summed E-state index contributed by atoms with van der Waals surface area (Å²) in [7, 11) is 1.88.